The molecule has 0 aliphatic heterocycles. The summed E-state index contributed by atoms with van der Waals surface area (Å²) in [5.74, 6) is -0.000329. The highest BCUT2D eigenvalue weighted by Gasteiger charge is 2.14. The number of nitrogens with one attached hydrogen (secondary N) is 2. The third-order valence-electron chi connectivity index (χ3n) is 2.98. The van der Waals surface area contributed by atoms with E-state index in [1.807, 2.05) is 42.1 Å². The summed E-state index contributed by atoms with van der Waals surface area (Å²) in [6.07, 6.45) is 2.83. The van der Waals surface area contributed by atoms with Crippen molar-refractivity contribution in [1.29, 1.82) is 0 Å². The quantitative estimate of drug-likeness (QED) is 0.594. The average Bonchev–Trinajstić information content (AvgIpc) is 2.60. The van der Waals surface area contributed by atoms with E-state index in [-0.39, 0.29) is 4.90 Å². The number of amides is 1. The molecule has 0 radical (unpaired) electrons. The van der Waals surface area contributed by atoms with Crippen molar-refractivity contribution in [2.75, 3.05) is 6.61 Å². The molecule has 0 aliphatic carbocycles. The Morgan fingerprint density at radius 1 is 1.08 bits per heavy atom. The first-order chi connectivity index (χ1) is 11.5. The second-order valence-corrected chi connectivity index (χ2v) is 6.43. The number of hydrogen-bond donors (Lipinski definition) is 2. The lowest BCUT2D eigenvalue weighted by molar-refractivity contribution is -0.116. The largest absolute Gasteiger partial charge is 0.494 e. The first kappa shape index (κ1) is 17.7. The molecule has 1 amide bonds. The summed E-state index contributed by atoms with van der Waals surface area (Å²) in [4.78, 5) is 13.8. The molecule has 0 spiro atoms. The van der Waals surface area contributed by atoms with Crippen LogP contribution in [0.3, 0.4) is 0 Å². The molecule has 0 unspecified atom stereocenters. The van der Waals surface area contributed by atoms with Gasteiger partial charge in [-0.15, -0.1) is 4.83 Å². The van der Waals surface area contributed by atoms with Crippen LogP contribution in [0.2, 0.25) is 0 Å². The van der Waals surface area contributed by atoms with Crippen molar-refractivity contribution < 1.29 is 17.9 Å². The van der Waals surface area contributed by atoms with Crippen LogP contribution in [0, 0.1) is 0 Å². The maximum absolute atomic E-state index is 12.1. The first-order valence-electron chi connectivity index (χ1n) is 7.29. The monoisotopic (exact) mass is 346 g/mol. The van der Waals surface area contributed by atoms with Gasteiger partial charge in [0, 0.05) is 6.08 Å². The highest BCUT2D eigenvalue weighted by Crippen LogP contribution is 2.15. The van der Waals surface area contributed by atoms with Crippen molar-refractivity contribution in [3.8, 4) is 5.75 Å². The number of benzene rings is 2. The van der Waals surface area contributed by atoms with Gasteiger partial charge in [-0.05, 0) is 42.8 Å². The summed E-state index contributed by atoms with van der Waals surface area (Å²) in [6, 6.07) is 15.1. The topological polar surface area (TPSA) is 84.5 Å². The highest BCUT2D eigenvalue weighted by atomic mass is 32.2. The summed E-state index contributed by atoms with van der Waals surface area (Å²) in [7, 11) is -3.84. The van der Waals surface area contributed by atoms with E-state index >= 15 is 0 Å². The van der Waals surface area contributed by atoms with E-state index in [4.69, 9.17) is 4.74 Å². The number of hydrogen-bond acceptors (Lipinski definition) is 4. The van der Waals surface area contributed by atoms with E-state index in [1.165, 1.54) is 18.2 Å². The Morgan fingerprint density at radius 3 is 2.38 bits per heavy atom. The molecule has 2 N–H and O–H groups in total. The summed E-state index contributed by atoms with van der Waals surface area (Å²) in [5.41, 5.74) is 2.97. The minimum atomic E-state index is -3.84. The van der Waals surface area contributed by atoms with Gasteiger partial charge in [-0.2, -0.15) is 0 Å². The second kappa shape index (κ2) is 8.28. The minimum Gasteiger partial charge on any atom is -0.494 e. The van der Waals surface area contributed by atoms with Crippen molar-refractivity contribution in [1.82, 2.24) is 10.3 Å². The number of carbonyl (C=O) groups excluding carboxylic acids is 1. The molecule has 0 aliphatic rings. The van der Waals surface area contributed by atoms with Crippen LogP contribution in [-0.4, -0.2) is 20.9 Å². The van der Waals surface area contributed by atoms with E-state index < -0.39 is 15.9 Å². The van der Waals surface area contributed by atoms with Crippen LogP contribution in [0.15, 0.2) is 65.6 Å². The maximum atomic E-state index is 12.1. The summed E-state index contributed by atoms with van der Waals surface area (Å²) in [6.45, 7) is 2.33. The Labute approximate surface area is 141 Å². The second-order valence-electron chi connectivity index (χ2n) is 4.74. The predicted octanol–water partition coefficient (Wildman–Crippen LogP) is 2.11. The van der Waals surface area contributed by atoms with E-state index in [0.717, 1.165) is 5.56 Å². The van der Waals surface area contributed by atoms with Crippen LogP contribution in [0.4, 0.5) is 0 Å². The van der Waals surface area contributed by atoms with Crippen LogP contribution >= 0.6 is 0 Å². The zero-order valence-electron chi connectivity index (χ0n) is 13.1. The smallest absolute Gasteiger partial charge is 0.258 e. The molecule has 0 heterocycles. The summed E-state index contributed by atoms with van der Waals surface area (Å²) in [5, 5.41) is 0. The fraction of sp³-hybridized carbons (Fsp3) is 0.118. The molecule has 2 rings (SSSR count). The molecular formula is C17H18N2O4S. The normalized spacial score (nSPS) is 11.4. The Hall–Kier alpha value is -2.64. The Balaban J connectivity index is 1.94. The maximum Gasteiger partial charge on any atom is 0.258 e. The number of rotatable bonds is 7. The molecule has 2 aromatic rings. The van der Waals surface area contributed by atoms with Crippen LogP contribution in [0.1, 0.15) is 12.5 Å². The fourth-order valence-corrected chi connectivity index (χ4v) is 2.68. The molecule has 0 bridgehead atoms. The predicted molar refractivity (Wildman–Crippen MR) is 91.6 cm³/mol. The van der Waals surface area contributed by atoms with Crippen molar-refractivity contribution >= 4 is 22.0 Å². The molecule has 126 valence electrons. The molecule has 0 saturated carbocycles. The zero-order valence-corrected chi connectivity index (χ0v) is 13.9. The molecule has 0 saturated heterocycles. The first-order valence-corrected chi connectivity index (χ1v) is 8.77. The van der Waals surface area contributed by atoms with Crippen LogP contribution < -0.4 is 15.0 Å². The summed E-state index contributed by atoms with van der Waals surface area (Å²) >= 11 is 0. The number of hydrazine groups is 1. The van der Waals surface area contributed by atoms with Gasteiger partial charge in [0.2, 0.25) is 0 Å². The van der Waals surface area contributed by atoms with Crippen molar-refractivity contribution in [2.45, 2.75) is 11.8 Å². The molecule has 0 aromatic heterocycles. The van der Waals surface area contributed by atoms with E-state index in [2.05, 4.69) is 5.43 Å². The van der Waals surface area contributed by atoms with Gasteiger partial charge in [-0.3, -0.25) is 10.2 Å². The van der Waals surface area contributed by atoms with Crippen LogP contribution in [0.5, 0.6) is 5.75 Å². The number of carbonyl (C=O) groups is 1. The van der Waals surface area contributed by atoms with Crippen LogP contribution in [-0.2, 0) is 14.8 Å². The zero-order chi connectivity index (χ0) is 17.4. The Bertz CT molecular complexity index is 800. The lowest BCUT2D eigenvalue weighted by Crippen LogP contribution is -2.40. The Morgan fingerprint density at radius 2 is 1.75 bits per heavy atom. The van der Waals surface area contributed by atoms with Crippen molar-refractivity contribution in [3.63, 3.8) is 0 Å². The lowest BCUT2D eigenvalue weighted by Gasteiger charge is -2.08. The van der Waals surface area contributed by atoms with Gasteiger partial charge in [-0.1, -0.05) is 30.3 Å². The third kappa shape index (κ3) is 5.22. The van der Waals surface area contributed by atoms with Crippen LogP contribution in [0.25, 0.3) is 6.08 Å². The molecule has 0 fully saturated rings. The van der Waals surface area contributed by atoms with Crippen molar-refractivity contribution in [2.24, 2.45) is 0 Å². The molecular weight excluding hydrogens is 328 g/mol. The standard InChI is InChI=1S/C17H18N2O4S/c1-2-23-15-9-11-16(12-10-15)24(21,22)19-18-17(20)13-8-14-6-4-3-5-7-14/h3-13,19H,2H2,1H3,(H,18,20)/b13-8+. The molecule has 7 heteroatoms. The van der Waals surface area contributed by atoms with E-state index in [0.29, 0.717) is 12.4 Å². The van der Waals surface area contributed by atoms with Crippen molar-refractivity contribution in [3.05, 3.63) is 66.2 Å². The van der Waals surface area contributed by atoms with Gasteiger partial charge in [0.15, 0.2) is 0 Å². The van der Waals surface area contributed by atoms with Gasteiger partial charge >= 0.3 is 0 Å². The molecule has 24 heavy (non-hydrogen) atoms. The molecule has 2 aromatic carbocycles. The number of ether oxygens (including phenoxy) is 1. The van der Waals surface area contributed by atoms with E-state index in [1.54, 1.807) is 18.2 Å². The minimum absolute atomic E-state index is 0.0262. The lowest BCUT2D eigenvalue weighted by atomic mass is 10.2. The Kier molecular flexibility index (Phi) is 6.11. The van der Waals surface area contributed by atoms with Gasteiger partial charge in [0.25, 0.3) is 15.9 Å². The molecule has 6 nitrogen and oxygen atoms in total. The van der Waals surface area contributed by atoms with Gasteiger partial charge in [0.05, 0.1) is 11.5 Å². The third-order valence-corrected chi connectivity index (χ3v) is 4.24. The fourth-order valence-electron chi connectivity index (χ4n) is 1.84. The van der Waals surface area contributed by atoms with Gasteiger partial charge in [0.1, 0.15) is 5.75 Å². The summed E-state index contributed by atoms with van der Waals surface area (Å²) < 4.78 is 29.4. The number of sulfonamides is 1. The van der Waals surface area contributed by atoms with Gasteiger partial charge in [-0.25, -0.2) is 8.42 Å². The molecule has 0 atom stereocenters. The van der Waals surface area contributed by atoms with Gasteiger partial charge < -0.3 is 4.74 Å². The average molecular weight is 346 g/mol. The highest BCUT2D eigenvalue weighted by molar-refractivity contribution is 7.89. The SMILES string of the molecule is CCOc1ccc(S(=O)(=O)NNC(=O)/C=C/c2ccccc2)cc1. The van der Waals surface area contributed by atoms with E-state index in [9.17, 15) is 13.2 Å².